The zero-order chi connectivity index (χ0) is 21.8. The average Bonchev–Trinajstić information content (AvgIpc) is 3.04. The summed E-state index contributed by atoms with van der Waals surface area (Å²) in [6, 6.07) is 4.08. The van der Waals surface area contributed by atoms with Crippen LogP contribution >= 0.6 is 11.8 Å². The third-order valence-electron chi connectivity index (χ3n) is 4.30. The fraction of sp³-hybridized carbons (Fsp3) is 0.450. The standard InChI is InChI=1S/C20H25F3N4OS/c1-6-17(29-11-14-7-8-24-18(9-14)20(21,22)23)13(4)25-19(28)16-10-15(12(2)3)26-27(16)5/h6-10,12-13H,11H2,1-5H3,(H,25,28)/b17-6-. The lowest BCUT2D eigenvalue weighted by molar-refractivity contribution is -0.141. The van der Waals surface area contributed by atoms with Crippen molar-refractivity contribution in [2.24, 2.45) is 7.05 Å². The van der Waals surface area contributed by atoms with Crippen LogP contribution in [-0.4, -0.2) is 26.7 Å². The van der Waals surface area contributed by atoms with Gasteiger partial charge in [-0.15, -0.1) is 11.8 Å². The van der Waals surface area contributed by atoms with Crippen molar-refractivity contribution >= 4 is 17.7 Å². The molecule has 0 aliphatic heterocycles. The molecular weight excluding hydrogens is 401 g/mol. The number of carbonyl (C=O) groups excluding carboxylic acids is 1. The Hall–Kier alpha value is -2.29. The number of thioether (sulfide) groups is 1. The van der Waals surface area contributed by atoms with Crippen LogP contribution in [0.15, 0.2) is 35.4 Å². The van der Waals surface area contributed by atoms with Crippen LogP contribution in [0.5, 0.6) is 0 Å². The van der Waals surface area contributed by atoms with E-state index in [0.717, 1.165) is 22.9 Å². The first-order valence-electron chi connectivity index (χ1n) is 9.18. The molecule has 0 fully saturated rings. The number of rotatable bonds is 7. The highest BCUT2D eigenvalue weighted by molar-refractivity contribution is 8.02. The summed E-state index contributed by atoms with van der Waals surface area (Å²) >= 11 is 1.38. The van der Waals surface area contributed by atoms with Gasteiger partial charge in [0.1, 0.15) is 11.4 Å². The number of aryl methyl sites for hydroxylation is 1. The van der Waals surface area contributed by atoms with Crippen LogP contribution in [0.3, 0.4) is 0 Å². The summed E-state index contributed by atoms with van der Waals surface area (Å²) in [6.45, 7) is 7.68. The molecule has 29 heavy (non-hydrogen) atoms. The number of halogens is 3. The number of hydrogen-bond acceptors (Lipinski definition) is 4. The highest BCUT2D eigenvalue weighted by Gasteiger charge is 2.32. The van der Waals surface area contributed by atoms with Gasteiger partial charge in [-0.05, 0) is 43.5 Å². The van der Waals surface area contributed by atoms with Gasteiger partial charge in [0.2, 0.25) is 0 Å². The van der Waals surface area contributed by atoms with Crippen molar-refractivity contribution in [2.45, 2.75) is 51.6 Å². The fourth-order valence-corrected chi connectivity index (χ4v) is 3.66. The van der Waals surface area contributed by atoms with Crippen molar-refractivity contribution in [3.8, 4) is 0 Å². The van der Waals surface area contributed by atoms with E-state index in [9.17, 15) is 18.0 Å². The molecule has 1 unspecified atom stereocenters. The van der Waals surface area contributed by atoms with Crippen LogP contribution in [0.25, 0.3) is 0 Å². The Balaban J connectivity index is 2.02. The number of carbonyl (C=O) groups is 1. The summed E-state index contributed by atoms with van der Waals surface area (Å²) in [6.07, 6.45) is -1.46. The van der Waals surface area contributed by atoms with Gasteiger partial charge in [-0.3, -0.25) is 14.5 Å². The molecule has 1 atom stereocenters. The quantitative estimate of drug-likeness (QED) is 0.683. The van der Waals surface area contributed by atoms with Crippen LogP contribution in [0.2, 0.25) is 0 Å². The molecule has 0 aliphatic carbocycles. The van der Waals surface area contributed by atoms with Crippen molar-refractivity contribution in [3.63, 3.8) is 0 Å². The SMILES string of the molecule is C/C=C(\SCc1ccnc(C(F)(F)F)c1)C(C)NC(=O)c1cc(C(C)C)nn1C. The number of hydrogen-bond donors (Lipinski definition) is 1. The van der Waals surface area contributed by atoms with Gasteiger partial charge in [0.25, 0.3) is 5.91 Å². The number of aromatic nitrogens is 3. The zero-order valence-corrected chi connectivity index (χ0v) is 17.9. The zero-order valence-electron chi connectivity index (χ0n) is 17.0. The molecule has 2 aromatic heterocycles. The van der Waals surface area contributed by atoms with Crippen molar-refractivity contribution in [3.05, 3.63) is 58.0 Å². The molecule has 0 spiro atoms. The van der Waals surface area contributed by atoms with Gasteiger partial charge in [0.15, 0.2) is 0 Å². The first-order valence-corrected chi connectivity index (χ1v) is 10.2. The van der Waals surface area contributed by atoms with Gasteiger partial charge in [-0.25, -0.2) is 0 Å². The molecule has 0 radical (unpaired) electrons. The van der Waals surface area contributed by atoms with Crippen molar-refractivity contribution in [1.29, 1.82) is 0 Å². The highest BCUT2D eigenvalue weighted by atomic mass is 32.2. The molecule has 1 amide bonds. The average molecular weight is 427 g/mol. The lowest BCUT2D eigenvalue weighted by Gasteiger charge is -2.17. The van der Waals surface area contributed by atoms with Gasteiger partial charge in [-0.2, -0.15) is 18.3 Å². The van der Waals surface area contributed by atoms with Crippen molar-refractivity contribution in [2.75, 3.05) is 0 Å². The monoisotopic (exact) mass is 426 g/mol. The maximum atomic E-state index is 12.8. The molecule has 0 bridgehead atoms. The highest BCUT2D eigenvalue weighted by Crippen LogP contribution is 2.30. The molecular formula is C20H25F3N4OS. The van der Waals surface area contributed by atoms with E-state index in [1.807, 2.05) is 33.8 Å². The van der Waals surface area contributed by atoms with Crippen molar-refractivity contribution in [1.82, 2.24) is 20.1 Å². The maximum Gasteiger partial charge on any atom is 0.433 e. The number of nitrogens with one attached hydrogen (secondary N) is 1. The van der Waals surface area contributed by atoms with E-state index in [1.165, 1.54) is 11.8 Å². The van der Waals surface area contributed by atoms with E-state index < -0.39 is 11.9 Å². The number of amides is 1. The molecule has 2 rings (SSSR count). The number of nitrogens with zero attached hydrogens (tertiary/aromatic N) is 3. The fourth-order valence-electron chi connectivity index (χ4n) is 2.67. The molecule has 0 aliphatic rings. The predicted octanol–water partition coefficient (Wildman–Crippen LogP) is 4.91. The lowest BCUT2D eigenvalue weighted by atomic mass is 10.1. The molecule has 0 saturated carbocycles. The maximum absolute atomic E-state index is 12.8. The van der Waals surface area contributed by atoms with Gasteiger partial charge in [0.05, 0.1) is 11.7 Å². The summed E-state index contributed by atoms with van der Waals surface area (Å²) in [5.74, 6) is 0.306. The van der Waals surface area contributed by atoms with Gasteiger partial charge >= 0.3 is 6.18 Å². The molecule has 2 heterocycles. The largest absolute Gasteiger partial charge is 0.433 e. The Morgan fingerprint density at radius 2 is 2.00 bits per heavy atom. The Morgan fingerprint density at radius 1 is 1.31 bits per heavy atom. The smallest absolute Gasteiger partial charge is 0.344 e. The predicted molar refractivity (Wildman–Crippen MR) is 109 cm³/mol. The van der Waals surface area contributed by atoms with Gasteiger partial charge in [-0.1, -0.05) is 19.9 Å². The summed E-state index contributed by atoms with van der Waals surface area (Å²) < 4.78 is 40.0. The second kappa shape index (κ2) is 9.47. The number of pyridine rings is 1. The summed E-state index contributed by atoms with van der Waals surface area (Å²) in [5.41, 5.74) is 0.911. The second-order valence-electron chi connectivity index (χ2n) is 6.95. The molecule has 2 aromatic rings. The molecule has 9 heteroatoms. The minimum Gasteiger partial charge on any atom is -0.344 e. The number of alkyl halides is 3. The lowest BCUT2D eigenvalue weighted by Crippen LogP contribution is -2.34. The Morgan fingerprint density at radius 3 is 2.55 bits per heavy atom. The van der Waals surface area contributed by atoms with E-state index in [1.54, 1.807) is 23.9 Å². The minimum absolute atomic E-state index is 0.212. The van der Waals surface area contributed by atoms with Gasteiger partial charge < -0.3 is 5.32 Å². The van der Waals surface area contributed by atoms with Crippen molar-refractivity contribution < 1.29 is 18.0 Å². The molecule has 0 saturated heterocycles. The normalized spacial score (nSPS) is 13.6. The van der Waals surface area contributed by atoms with E-state index in [-0.39, 0.29) is 17.9 Å². The summed E-state index contributed by atoms with van der Waals surface area (Å²) in [4.78, 5) is 16.9. The Kier molecular flexibility index (Phi) is 7.51. The first-order chi connectivity index (χ1) is 13.5. The molecule has 0 aromatic carbocycles. The third-order valence-corrected chi connectivity index (χ3v) is 5.70. The Labute approximate surface area is 172 Å². The molecule has 158 valence electrons. The van der Waals surface area contributed by atoms with Crippen LogP contribution in [-0.2, 0) is 19.0 Å². The van der Waals surface area contributed by atoms with Crippen LogP contribution in [0.1, 0.15) is 61.1 Å². The van der Waals surface area contributed by atoms with Crippen LogP contribution in [0, 0.1) is 0 Å². The number of allylic oxidation sites excluding steroid dienone is 1. The summed E-state index contributed by atoms with van der Waals surface area (Å²) in [5, 5.41) is 7.28. The second-order valence-corrected chi connectivity index (χ2v) is 8.00. The third kappa shape index (κ3) is 6.09. The van der Waals surface area contributed by atoms with Crippen LogP contribution < -0.4 is 5.32 Å². The molecule has 5 nitrogen and oxygen atoms in total. The Bertz CT molecular complexity index is 890. The minimum atomic E-state index is -4.47. The van der Waals surface area contributed by atoms with Crippen LogP contribution in [0.4, 0.5) is 13.2 Å². The first kappa shape index (κ1) is 23.0. The van der Waals surface area contributed by atoms with E-state index in [0.29, 0.717) is 17.0 Å². The summed E-state index contributed by atoms with van der Waals surface area (Å²) in [7, 11) is 1.72. The van der Waals surface area contributed by atoms with Gasteiger partial charge in [0, 0.05) is 23.9 Å². The van der Waals surface area contributed by atoms with E-state index in [4.69, 9.17) is 0 Å². The topological polar surface area (TPSA) is 59.8 Å². The van der Waals surface area contributed by atoms with E-state index in [2.05, 4.69) is 15.4 Å². The van der Waals surface area contributed by atoms with E-state index >= 15 is 0 Å². The molecule has 1 N–H and O–H groups in total.